The van der Waals surface area contributed by atoms with Gasteiger partial charge in [-0.05, 0) is 30.3 Å². The van der Waals surface area contributed by atoms with Gasteiger partial charge >= 0.3 is 0 Å². The van der Waals surface area contributed by atoms with E-state index in [4.69, 9.17) is 4.74 Å². The Kier molecular flexibility index (Phi) is 5.78. The van der Waals surface area contributed by atoms with Crippen molar-refractivity contribution in [1.82, 2.24) is 9.55 Å². The van der Waals surface area contributed by atoms with E-state index in [2.05, 4.69) is 4.98 Å². The van der Waals surface area contributed by atoms with Gasteiger partial charge in [0.25, 0.3) is 5.56 Å². The third kappa shape index (κ3) is 4.12. The van der Waals surface area contributed by atoms with E-state index in [1.807, 2.05) is 0 Å². The molecule has 0 unspecified atom stereocenters. The van der Waals surface area contributed by atoms with E-state index in [9.17, 15) is 19.8 Å². The van der Waals surface area contributed by atoms with Gasteiger partial charge in [0, 0.05) is 12.7 Å². The van der Waals surface area contributed by atoms with Crippen LogP contribution in [-0.2, 0) is 11.3 Å². The largest absolute Gasteiger partial charge is 0.504 e. The summed E-state index contributed by atoms with van der Waals surface area (Å²) in [5.74, 6) is -0.867. The van der Waals surface area contributed by atoms with Crippen molar-refractivity contribution < 1.29 is 19.7 Å². The molecule has 3 rings (SSSR count). The zero-order chi connectivity index (χ0) is 19.4. The molecule has 140 valence electrons. The normalized spacial score (nSPS) is 11.0. The number of hydrogen-bond donors (Lipinski definition) is 2. The summed E-state index contributed by atoms with van der Waals surface area (Å²) in [6.45, 7) is 0.664. The Morgan fingerprint density at radius 1 is 1.19 bits per heavy atom. The van der Waals surface area contributed by atoms with Crippen molar-refractivity contribution in [2.75, 3.05) is 19.5 Å². The maximum Gasteiger partial charge on any atom is 0.262 e. The van der Waals surface area contributed by atoms with Gasteiger partial charge in [0.15, 0.2) is 22.4 Å². The molecule has 0 spiro atoms. The molecule has 8 heteroatoms. The minimum absolute atomic E-state index is 0.0297. The second-order valence-electron chi connectivity index (χ2n) is 5.78. The molecule has 0 aliphatic rings. The van der Waals surface area contributed by atoms with Gasteiger partial charge in [0.2, 0.25) is 0 Å². The maximum atomic E-state index is 12.8. The van der Waals surface area contributed by atoms with Crippen molar-refractivity contribution in [2.24, 2.45) is 0 Å². The molecular weight excluding hydrogens is 368 g/mol. The van der Waals surface area contributed by atoms with Crippen molar-refractivity contribution in [3.63, 3.8) is 0 Å². The molecule has 0 radical (unpaired) electrons. The smallest absolute Gasteiger partial charge is 0.262 e. The van der Waals surface area contributed by atoms with E-state index >= 15 is 0 Å². The summed E-state index contributed by atoms with van der Waals surface area (Å²) < 4.78 is 6.57. The summed E-state index contributed by atoms with van der Waals surface area (Å²) in [4.78, 5) is 29.7. The summed E-state index contributed by atoms with van der Waals surface area (Å²) in [7, 11) is 1.55. The predicted octanol–water partition coefficient (Wildman–Crippen LogP) is 2.43. The number of methoxy groups -OCH3 is 1. The number of aromatic hydroxyl groups is 2. The van der Waals surface area contributed by atoms with Crippen molar-refractivity contribution in [3.8, 4) is 11.5 Å². The van der Waals surface area contributed by atoms with Crippen LogP contribution in [0.15, 0.2) is 52.4 Å². The number of phenols is 2. The number of fused-ring (bicyclic) bond motifs is 1. The number of ether oxygens (including phenoxy) is 1. The summed E-state index contributed by atoms with van der Waals surface area (Å²) in [6, 6.07) is 10.9. The van der Waals surface area contributed by atoms with E-state index in [1.54, 1.807) is 31.4 Å². The van der Waals surface area contributed by atoms with Gasteiger partial charge in [-0.1, -0.05) is 23.9 Å². The number of Topliss-reactive ketones (excluding diaryl/α,β-unsaturated/α-hetero) is 1. The van der Waals surface area contributed by atoms with Gasteiger partial charge in [0.05, 0.1) is 29.8 Å². The van der Waals surface area contributed by atoms with Gasteiger partial charge in [-0.3, -0.25) is 14.2 Å². The first kappa shape index (κ1) is 18.9. The second kappa shape index (κ2) is 8.24. The number of carbonyl (C=O) groups is 1. The summed E-state index contributed by atoms with van der Waals surface area (Å²) in [6.07, 6.45) is 0. The summed E-state index contributed by atoms with van der Waals surface area (Å²) in [5.41, 5.74) is 0.646. The molecule has 0 aliphatic carbocycles. The third-order valence-corrected chi connectivity index (χ3v) is 4.95. The Bertz CT molecular complexity index is 1050. The van der Waals surface area contributed by atoms with Gasteiger partial charge in [-0.2, -0.15) is 0 Å². The Balaban J connectivity index is 1.89. The van der Waals surface area contributed by atoms with Crippen LogP contribution in [0.2, 0.25) is 0 Å². The minimum atomic E-state index is -0.355. The van der Waals surface area contributed by atoms with Crippen molar-refractivity contribution in [1.29, 1.82) is 0 Å². The quantitative estimate of drug-likeness (QED) is 0.278. The van der Waals surface area contributed by atoms with Crippen LogP contribution >= 0.6 is 11.8 Å². The van der Waals surface area contributed by atoms with E-state index < -0.39 is 0 Å². The first-order chi connectivity index (χ1) is 13.0. The topological polar surface area (TPSA) is 102 Å². The van der Waals surface area contributed by atoms with E-state index in [0.29, 0.717) is 29.2 Å². The molecule has 0 bridgehead atoms. The monoisotopic (exact) mass is 386 g/mol. The Morgan fingerprint density at radius 2 is 1.96 bits per heavy atom. The number of para-hydroxylation sites is 1. The lowest BCUT2D eigenvalue weighted by Crippen LogP contribution is -2.25. The van der Waals surface area contributed by atoms with Crippen molar-refractivity contribution in [2.45, 2.75) is 11.7 Å². The highest BCUT2D eigenvalue weighted by atomic mass is 32.2. The van der Waals surface area contributed by atoms with Crippen molar-refractivity contribution >= 4 is 28.4 Å². The third-order valence-electron chi connectivity index (χ3n) is 3.98. The average molecular weight is 386 g/mol. The number of hydrogen-bond acceptors (Lipinski definition) is 7. The molecule has 0 fully saturated rings. The van der Waals surface area contributed by atoms with Crippen LogP contribution in [0.3, 0.4) is 0 Å². The predicted molar refractivity (Wildman–Crippen MR) is 103 cm³/mol. The van der Waals surface area contributed by atoms with Gasteiger partial charge in [0.1, 0.15) is 0 Å². The molecule has 2 N–H and O–H groups in total. The SMILES string of the molecule is COCCn1c(SCC(=O)c2ccc(O)c(O)c2)nc2ccccc2c1=O. The molecule has 2 aromatic carbocycles. The van der Waals surface area contributed by atoms with Crippen LogP contribution in [0, 0.1) is 0 Å². The molecular formula is C19H18N2O5S. The molecule has 0 aliphatic heterocycles. The molecule has 0 saturated carbocycles. The Labute approximate surface area is 159 Å². The van der Waals surface area contributed by atoms with Crippen LogP contribution < -0.4 is 5.56 Å². The van der Waals surface area contributed by atoms with Gasteiger partial charge in [-0.25, -0.2) is 4.98 Å². The molecule has 0 amide bonds. The van der Waals surface area contributed by atoms with Crippen molar-refractivity contribution in [3.05, 3.63) is 58.4 Å². The number of thioether (sulfide) groups is 1. The zero-order valence-corrected chi connectivity index (χ0v) is 15.4. The molecule has 7 nitrogen and oxygen atoms in total. The number of benzene rings is 2. The highest BCUT2D eigenvalue weighted by Crippen LogP contribution is 2.26. The van der Waals surface area contributed by atoms with Gasteiger partial charge in [-0.15, -0.1) is 0 Å². The highest BCUT2D eigenvalue weighted by molar-refractivity contribution is 7.99. The standard InChI is InChI=1S/C19H18N2O5S/c1-26-9-8-21-18(25)13-4-2-3-5-14(13)20-19(21)27-11-17(24)12-6-7-15(22)16(23)10-12/h2-7,10,22-23H,8-9,11H2,1H3. The number of aromatic nitrogens is 2. The molecule has 0 atom stereocenters. The van der Waals surface area contributed by atoms with Crippen LogP contribution in [0.5, 0.6) is 11.5 Å². The Morgan fingerprint density at radius 3 is 2.70 bits per heavy atom. The second-order valence-corrected chi connectivity index (χ2v) is 6.72. The highest BCUT2D eigenvalue weighted by Gasteiger charge is 2.15. The maximum absolute atomic E-state index is 12.8. The van der Waals surface area contributed by atoms with E-state index in [1.165, 1.54) is 22.8 Å². The molecule has 0 saturated heterocycles. The molecule has 1 aromatic heterocycles. The first-order valence-corrected chi connectivity index (χ1v) is 9.16. The Hall–Kier alpha value is -2.84. The number of rotatable bonds is 7. The van der Waals surface area contributed by atoms with Crippen LogP contribution in [-0.4, -0.2) is 45.0 Å². The van der Waals surface area contributed by atoms with Crippen LogP contribution in [0.1, 0.15) is 10.4 Å². The average Bonchev–Trinajstić information content (AvgIpc) is 2.67. The summed E-state index contributed by atoms with van der Waals surface area (Å²) in [5, 5.41) is 19.8. The number of carbonyl (C=O) groups excluding carboxylic acids is 1. The zero-order valence-electron chi connectivity index (χ0n) is 14.6. The minimum Gasteiger partial charge on any atom is -0.504 e. The molecule has 3 aromatic rings. The van der Waals surface area contributed by atoms with E-state index in [-0.39, 0.29) is 34.2 Å². The number of ketones is 1. The molecule has 1 heterocycles. The van der Waals surface area contributed by atoms with Crippen LogP contribution in [0.4, 0.5) is 0 Å². The fourth-order valence-electron chi connectivity index (χ4n) is 2.55. The number of nitrogens with zero attached hydrogens (tertiary/aromatic N) is 2. The van der Waals surface area contributed by atoms with Gasteiger partial charge < -0.3 is 14.9 Å². The molecule has 27 heavy (non-hydrogen) atoms. The lowest BCUT2D eigenvalue weighted by molar-refractivity contribution is 0.102. The fourth-order valence-corrected chi connectivity index (χ4v) is 3.47. The first-order valence-electron chi connectivity index (χ1n) is 8.17. The lowest BCUT2D eigenvalue weighted by Gasteiger charge is -2.12. The lowest BCUT2D eigenvalue weighted by atomic mass is 10.1. The van der Waals surface area contributed by atoms with Crippen LogP contribution in [0.25, 0.3) is 10.9 Å². The van der Waals surface area contributed by atoms with E-state index in [0.717, 1.165) is 11.8 Å². The summed E-state index contributed by atoms with van der Waals surface area (Å²) >= 11 is 1.14. The fraction of sp³-hybridized carbons (Fsp3) is 0.211. The number of phenolic OH excluding ortho intramolecular Hbond substituents is 2.